The van der Waals surface area contributed by atoms with Crippen molar-refractivity contribution in [3.8, 4) is 11.5 Å². The van der Waals surface area contributed by atoms with Gasteiger partial charge in [0.15, 0.2) is 11.5 Å². The monoisotopic (exact) mass is 313 g/mol. The van der Waals surface area contributed by atoms with Crippen LogP contribution in [0.1, 0.15) is 22.8 Å². The lowest BCUT2D eigenvalue weighted by Gasteiger charge is -2.09. The van der Waals surface area contributed by atoms with Crippen LogP contribution in [0.4, 0.5) is 5.69 Å². The van der Waals surface area contributed by atoms with Gasteiger partial charge in [0.1, 0.15) is 0 Å². The van der Waals surface area contributed by atoms with Crippen LogP contribution in [-0.2, 0) is 0 Å². The maximum atomic E-state index is 10.7. The molecule has 2 aromatic rings. The Kier molecular flexibility index (Phi) is 5.57. The van der Waals surface area contributed by atoms with Crippen LogP contribution in [0, 0.1) is 0 Å². The van der Waals surface area contributed by atoms with Crippen molar-refractivity contribution in [2.45, 2.75) is 6.92 Å². The molecule has 6 heteroatoms. The van der Waals surface area contributed by atoms with Gasteiger partial charge >= 0.3 is 0 Å². The number of anilines is 1. The molecule has 0 saturated carbocycles. The standard InChI is InChI=1S/C17H18N2O4/c1-3-23-15-9-4-12(10-16(15)22-2)11-18-19-14-7-5-13(6-8-14)17(20)21/h4-11,19H,3H2,1-2H3,(H,20,21)/p-1. The van der Waals surface area contributed by atoms with Crippen molar-refractivity contribution in [2.75, 3.05) is 19.1 Å². The average Bonchev–Trinajstić information content (AvgIpc) is 2.56. The maximum Gasteiger partial charge on any atom is 0.161 e. The fraction of sp³-hybridized carbons (Fsp3) is 0.176. The van der Waals surface area contributed by atoms with Gasteiger partial charge in [-0.1, -0.05) is 12.1 Å². The summed E-state index contributed by atoms with van der Waals surface area (Å²) in [6.07, 6.45) is 1.63. The molecule has 0 aliphatic heterocycles. The number of nitrogens with zero attached hydrogens (tertiary/aromatic N) is 1. The van der Waals surface area contributed by atoms with E-state index in [9.17, 15) is 9.90 Å². The van der Waals surface area contributed by atoms with Crippen LogP contribution in [0.25, 0.3) is 0 Å². The molecule has 0 amide bonds. The minimum atomic E-state index is -1.21. The van der Waals surface area contributed by atoms with Gasteiger partial charge in [-0.3, -0.25) is 5.43 Å². The van der Waals surface area contributed by atoms with E-state index in [-0.39, 0.29) is 5.56 Å². The molecular formula is C17H17N2O4-. The summed E-state index contributed by atoms with van der Waals surface area (Å²) in [6.45, 7) is 2.47. The molecule has 0 saturated heterocycles. The minimum Gasteiger partial charge on any atom is -0.545 e. The summed E-state index contributed by atoms with van der Waals surface area (Å²) >= 11 is 0. The molecule has 0 bridgehead atoms. The highest BCUT2D eigenvalue weighted by atomic mass is 16.5. The van der Waals surface area contributed by atoms with Crippen LogP contribution < -0.4 is 20.0 Å². The fourth-order valence-corrected chi connectivity index (χ4v) is 1.90. The molecule has 0 spiro atoms. The predicted molar refractivity (Wildman–Crippen MR) is 86.2 cm³/mol. The van der Waals surface area contributed by atoms with E-state index >= 15 is 0 Å². The van der Waals surface area contributed by atoms with Gasteiger partial charge < -0.3 is 19.4 Å². The summed E-state index contributed by atoms with van der Waals surface area (Å²) < 4.78 is 10.7. The number of hydrogen-bond acceptors (Lipinski definition) is 6. The van der Waals surface area contributed by atoms with Crippen LogP contribution in [0.5, 0.6) is 11.5 Å². The summed E-state index contributed by atoms with van der Waals surface area (Å²) in [6, 6.07) is 11.6. The zero-order valence-electron chi connectivity index (χ0n) is 12.9. The topological polar surface area (TPSA) is 83.0 Å². The number of carboxylic acid groups (broad SMARTS) is 1. The first kappa shape index (κ1) is 16.4. The molecule has 6 nitrogen and oxygen atoms in total. The van der Waals surface area contributed by atoms with Crippen molar-refractivity contribution in [1.82, 2.24) is 0 Å². The number of nitrogens with one attached hydrogen (secondary N) is 1. The molecule has 0 fully saturated rings. The Labute approximate surface area is 134 Å². The van der Waals surface area contributed by atoms with Crippen molar-refractivity contribution in [3.05, 3.63) is 53.6 Å². The van der Waals surface area contributed by atoms with Crippen LogP contribution in [0.2, 0.25) is 0 Å². The predicted octanol–water partition coefficient (Wildman–Crippen LogP) is 1.90. The van der Waals surface area contributed by atoms with Gasteiger partial charge in [0.05, 0.1) is 31.6 Å². The molecule has 2 rings (SSSR count). The summed E-state index contributed by atoms with van der Waals surface area (Å²) in [5.74, 6) is 0.105. The van der Waals surface area contributed by atoms with Gasteiger partial charge in [0.25, 0.3) is 0 Å². The lowest BCUT2D eigenvalue weighted by atomic mass is 10.2. The largest absolute Gasteiger partial charge is 0.545 e. The van der Waals surface area contributed by atoms with Crippen molar-refractivity contribution in [2.24, 2.45) is 5.10 Å². The highest BCUT2D eigenvalue weighted by Gasteiger charge is 2.03. The van der Waals surface area contributed by atoms with Gasteiger partial charge in [-0.15, -0.1) is 0 Å². The quantitative estimate of drug-likeness (QED) is 0.623. The molecule has 0 aliphatic carbocycles. The number of carboxylic acids is 1. The molecule has 0 unspecified atom stereocenters. The Morgan fingerprint density at radius 1 is 1.22 bits per heavy atom. The Morgan fingerprint density at radius 2 is 1.96 bits per heavy atom. The van der Waals surface area contributed by atoms with Crippen LogP contribution in [0.3, 0.4) is 0 Å². The molecule has 2 aromatic carbocycles. The Bertz CT molecular complexity index is 696. The van der Waals surface area contributed by atoms with Gasteiger partial charge in [0, 0.05) is 0 Å². The van der Waals surface area contributed by atoms with Gasteiger partial charge in [-0.05, 0) is 48.4 Å². The average molecular weight is 313 g/mol. The van der Waals surface area contributed by atoms with Crippen molar-refractivity contribution < 1.29 is 19.4 Å². The minimum absolute atomic E-state index is 0.121. The number of methoxy groups -OCH3 is 1. The highest BCUT2D eigenvalue weighted by molar-refractivity contribution is 5.86. The van der Waals surface area contributed by atoms with E-state index in [4.69, 9.17) is 9.47 Å². The van der Waals surface area contributed by atoms with E-state index in [0.717, 1.165) is 5.56 Å². The third-order valence-corrected chi connectivity index (χ3v) is 3.02. The maximum absolute atomic E-state index is 10.7. The second-order valence-electron chi connectivity index (χ2n) is 4.58. The molecule has 0 aliphatic rings. The van der Waals surface area contributed by atoms with Crippen molar-refractivity contribution in [1.29, 1.82) is 0 Å². The molecular weight excluding hydrogens is 296 g/mol. The number of carbonyl (C=O) groups is 1. The number of carbonyl (C=O) groups excluding carboxylic acids is 1. The highest BCUT2D eigenvalue weighted by Crippen LogP contribution is 2.27. The van der Waals surface area contributed by atoms with Gasteiger partial charge in [-0.25, -0.2) is 0 Å². The normalized spacial score (nSPS) is 10.5. The van der Waals surface area contributed by atoms with E-state index in [0.29, 0.717) is 23.8 Å². The molecule has 0 heterocycles. The lowest BCUT2D eigenvalue weighted by Crippen LogP contribution is -2.21. The first-order valence-electron chi connectivity index (χ1n) is 7.05. The summed E-state index contributed by atoms with van der Waals surface area (Å²) in [5, 5.41) is 14.8. The number of rotatable bonds is 7. The zero-order valence-corrected chi connectivity index (χ0v) is 12.9. The zero-order chi connectivity index (χ0) is 16.7. The van der Waals surface area contributed by atoms with Crippen molar-refractivity contribution >= 4 is 17.9 Å². The SMILES string of the molecule is CCOc1ccc(C=NNc2ccc(C(=O)[O-])cc2)cc1OC. The van der Waals surface area contributed by atoms with Gasteiger partial charge in [-0.2, -0.15) is 5.10 Å². The van der Waals surface area contributed by atoms with Crippen LogP contribution in [0.15, 0.2) is 47.6 Å². The second kappa shape index (κ2) is 7.84. The number of benzene rings is 2. The molecule has 0 aromatic heterocycles. The van der Waals surface area contributed by atoms with E-state index < -0.39 is 5.97 Å². The number of hydrazone groups is 1. The first-order valence-corrected chi connectivity index (χ1v) is 7.05. The lowest BCUT2D eigenvalue weighted by molar-refractivity contribution is -0.255. The molecule has 1 N–H and O–H groups in total. The summed E-state index contributed by atoms with van der Waals surface area (Å²) in [4.78, 5) is 10.7. The van der Waals surface area contributed by atoms with E-state index in [1.807, 2.05) is 25.1 Å². The summed E-state index contributed by atoms with van der Waals surface area (Å²) in [7, 11) is 1.58. The van der Waals surface area contributed by atoms with Crippen molar-refractivity contribution in [3.63, 3.8) is 0 Å². The molecule has 23 heavy (non-hydrogen) atoms. The molecule has 0 atom stereocenters. The third-order valence-electron chi connectivity index (χ3n) is 3.02. The smallest absolute Gasteiger partial charge is 0.161 e. The third kappa shape index (κ3) is 4.47. The number of hydrogen-bond donors (Lipinski definition) is 1. The van der Waals surface area contributed by atoms with E-state index in [2.05, 4.69) is 10.5 Å². The Morgan fingerprint density at radius 3 is 2.57 bits per heavy atom. The molecule has 0 radical (unpaired) electrons. The summed E-state index contributed by atoms with van der Waals surface area (Å²) in [5.41, 5.74) is 4.45. The second-order valence-corrected chi connectivity index (χ2v) is 4.58. The van der Waals surface area contributed by atoms with Crippen LogP contribution >= 0.6 is 0 Å². The first-order chi connectivity index (χ1) is 11.1. The molecule has 120 valence electrons. The van der Waals surface area contributed by atoms with E-state index in [1.54, 1.807) is 25.5 Å². The van der Waals surface area contributed by atoms with E-state index in [1.165, 1.54) is 12.1 Å². The van der Waals surface area contributed by atoms with Gasteiger partial charge in [0.2, 0.25) is 0 Å². The Balaban J connectivity index is 2.03. The Hall–Kier alpha value is -3.02. The van der Waals surface area contributed by atoms with Crippen LogP contribution in [-0.4, -0.2) is 25.9 Å². The number of ether oxygens (including phenoxy) is 2. The fourth-order valence-electron chi connectivity index (χ4n) is 1.90. The number of aromatic carboxylic acids is 1.